The number of hydrogen-bond acceptors (Lipinski definition) is 2. The van der Waals surface area contributed by atoms with Crippen LogP contribution in [0, 0.1) is 0 Å². The van der Waals surface area contributed by atoms with Crippen molar-refractivity contribution >= 4 is 39.1 Å². The van der Waals surface area contributed by atoms with Crippen molar-refractivity contribution < 1.29 is 4.79 Å². The Labute approximate surface area is 77.9 Å². The Bertz CT molecular complexity index is 288. The molecule has 0 N–H and O–H groups in total. The Balaban J connectivity index is 2.71. The van der Waals surface area contributed by atoms with E-state index in [-0.39, 0.29) is 5.78 Å². The first-order valence-electron chi connectivity index (χ1n) is 3.11. The summed E-state index contributed by atoms with van der Waals surface area (Å²) < 4.78 is 1.06. The van der Waals surface area contributed by atoms with Gasteiger partial charge < -0.3 is 0 Å². The molecule has 11 heavy (non-hydrogen) atoms. The van der Waals surface area contributed by atoms with E-state index < -0.39 is 0 Å². The first-order valence-corrected chi connectivity index (χ1v) is 4.78. The molecule has 0 aliphatic rings. The van der Waals surface area contributed by atoms with Gasteiger partial charge in [-0.15, -0.1) is 11.3 Å². The maximum atomic E-state index is 10.5. The molecule has 58 valence electrons. The third-order valence-corrected chi connectivity index (χ3v) is 2.73. The van der Waals surface area contributed by atoms with E-state index in [9.17, 15) is 4.79 Å². The van der Waals surface area contributed by atoms with Gasteiger partial charge in [-0.25, -0.2) is 0 Å². The van der Waals surface area contributed by atoms with Crippen LogP contribution in [0.1, 0.15) is 11.8 Å². The summed E-state index contributed by atoms with van der Waals surface area (Å²) in [4.78, 5) is 11.6. The summed E-state index contributed by atoms with van der Waals surface area (Å²) >= 11 is 4.94. The van der Waals surface area contributed by atoms with Gasteiger partial charge in [0, 0.05) is 14.7 Å². The van der Waals surface area contributed by atoms with Crippen LogP contribution in [0.2, 0.25) is 0 Å². The fourth-order valence-corrected chi connectivity index (χ4v) is 1.95. The number of carbonyl (C=O) groups is 1. The van der Waals surface area contributed by atoms with E-state index in [0.717, 1.165) is 9.35 Å². The first-order chi connectivity index (χ1) is 5.18. The van der Waals surface area contributed by atoms with E-state index in [1.54, 1.807) is 24.3 Å². The van der Waals surface area contributed by atoms with Gasteiger partial charge in [0.25, 0.3) is 0 Å². The second kappa shape index (κ2) is 3.83. The van der Waals surface area contributed by atoms with E-state index in [0.29, 0.717) is 0 Å². The van der Waals surface area contributed by atoms with Gasteiger partial charge in [0.05, 0.1) is 0 Å². The lowest BCUT2D eigenvalue weighted by molar-refractivity contribution is -0.112. The van der Waals surface area contributed by atoms with Crippen molar-refractivity contribution in [2.24, 2.45) is 0 Å². The van der Waals surface area contributed by atoms with Crippen molar-refractivity contribution in [2.75, 3.05) is 0 Å². The molecule has 0 bridgehead atoms. The number of halogens is 1. The first kappa shape index (κ1) is 8.68. The third kappa shape index (κ3) is 2.99. The van der Waals surface area contributed by atoms with Gasteiger partial charge in [-0.3, -0.25) is 4.79 Å². The van der Waals surface area contributed by atoms with Crippen LogP contribution in [0.25, 0.3) is 6.08 Å². The van der Waals surface area contributed by atoms with Gasteiger partial charge in [-0.2, -0.15) is 0 Å². The number of allylic oxidation sites excluding steroid dienone is 1. The molecule has 0 saturated carbocycles. The zero-order valence-corrected chi connectivity index (χ0v) is 8.41. The standard InChI is InChI=1S/C8H7BrOS/c1-6(10)2-3-8-4-7(9)5-11-8/h2-5H,1H3. The molecule has 0 fully saturated rings. The Hall–Kier alpha value is -0.410. The molecule has 1 heterocycles. The van der Waals surface area contributed by atoms with Crippen LogP contribution in [0.15, 0.2) is 22.0 Å². The Kier molecular flexibility index (Phi) is 3.02. The lowest BCUT2D eigenvalue weighted by Gasteiger charge is -1.79. The third-order valence-electron chi connectivity index (χ3n) is 1.07. The van der Waals surface area contributed by atoms with Crippen molar-refractivity contribution in [2.45, 2.75) is 6.92 Å². The maximum absolute atomic E-state index is 10.5. The quantitative estimate of drug-likeness (QED) is 0.714. The minimum atomic E-state index is 0.0783. The maximum Gasteiger partial charge on any atom is 0.152 e. The van der Waals surface area contributed by atoms with Gasteiger partial charge >= 0.3 is 0 Å². The van der Waals surface area contributed by atoms with Crippen LogP contribution in [0.5, 0.6) is 0 Å². The van der Waals surface area contributed by atoms with Gasteiger partial charge in [-0.1, -0.05) is 0 Å². The molecular weight excluding hydrogens is 224 g/mol. The molecule has 1 aromatic rings. The normalized spacial score (nSPS) is 10.7. The highest BCUT2D eigenvalue weighted by Crippen LogP contribution is 2.20. The predicted molar refractivity (Wildman–Crippen MR) is 51.7 cm³/mol. The van der Waals surface area contributed by atoms with Crippen LogP contribution in [0.4, 0.5) is 0 Å². The van der Waals surface area contributed by atoms with Crippen molar-refractivity contribution in [1.29, 1.82) is 0 Å². The molecule has 1 aromatic heterocycles. The molecule has 0 radical (unpaired) electrons. The summed E-state index contributed by atoms with van der Waals surface area (Å²) in [6.45, 7) is 1.54. The van der Waals surface area contributed by atoms with Gasteiger partial charge in [-0.05, 0) is 41.1 Å². The lowest BCUT2D eigenvalue weighted by atomic mass is 10.3. The number of rotatable bonds is 2. The Morgan fingerprint density at radius 2 is 2.45 bits per heavy atom. The van der Waals surface area contributed by atoms with Crippen LogP contribution in [-0.2, 0) is 4.79 Å². The Morgan fingerprint density at radius 1 is 1.73 bits per heavy atom. The van der Waals surface area contributed by atoms with Crippen molar-refractivity contribution in [3.63, 3.8) is 0 Å². The summed E-state index contributed by atoms with van der Waals surface area (Å²) in [7, 11) is 0. The highest BCUT2D eigenvalue weighted by atomic mass is 79.9. The fourth-order valence-electron chi connectivity index (χ4n) is 0.615. The highest BCUT2D eigenvalue weighted by molar-refractivity contribution is 9.10. The zero-order valence-electron chi connectivity index (χ0n) is 6.00. The van der Waals surface area contributed by atoms with Crippen molar-refractivity contribution in [3.05, 3.63) is 26.9 Å². The molecule has 0 spiro atoms. The van der Waals surface area contributed by atoms with E-state index in [2.05, 4.69) is 15.9 Å². The van der Waals surface area contributed by atoms with E-state index >= 15 is 0 Å². The summed E-state index contributed by atoms with van der Waals surface area (Å²) in [5.74, 6) is 0.0783. The minimum absolute atomic E-state index is 0.0783. The molecule has 1 rings (SSSR count). The molecule has 0 aromatic carbocycles. The highest BCUT2D eigenvalue weighted by Gasteiger charge is 1.91. The molecule has 0 saturated heterocycles. The lowest BCUT2D eigenvalue weighted by Crippen LogP contribution is -1.77. The average molecular weight is 231 g/mol. The van der Waals surface area contributed by atoms with Crippen LogP contribution in [0.3, 0.4) is 0 Å². The monoisotopic (exact) mass is 230 g/mol. The summed E-state index contributed by atoms with van der Waals surface area (Å²) in [5, 5.41) is 1.99. The molecule has 0 amide bonds. The minimum Gasteiger partial charge on any atom is -0.295 e. The topological polar surface area (TPSA) is 17.1 Å². The van der Waals surface area contributed by atoms with Crippen molar-refractivity contribution in [1.82, 2.24) is 0 Å². The molecular formula is C8H7BrOS. The van der Waals surface area contributed by atoms with Crippen molar-refractivity contribution in [3.8, 4) is 0 Å². The second-order valence-corrected chi connectivity index (χ2v) is 3.97. The number of carbonyl (C=O) groups excluding carboxylic acids is 1. The largest absolute Gasteiger partial charge is 0.295 e. The van der Waals surface area contributed by atoms with Crippen LogP contribution >= 0.6 is 27.3 Å². The molecule has 0 aliphatic carbocycles. The predicted octanol–water partition coefficient (Wildman–Crippen LogP) is 3.11. The molecule has 0 aliphatic heterocycles. The second-order valence-electron chi connectivity index (χ2n) is 2.11. The summed E-state index contributed by atoms with van der Waals surface area (Å²) in [6.07, 6.45) is 3.38. The summed E-state index contributed by atoms with van der Waals surface area (Å²) in [5.41, 5.74) is 0. The number of ketones is 1. The zero-order chi connectivity index (χ0) is 8.27. The smallest absolute Gasteiger partial charge is 0.152 e. The number of thiophene rings is 1. The summed E-state index contributed by atoms with van der Waals surface area (Å²) in [6, 6.07) is 1.98. The SMILES string of the molecule is CC(=O)C=Cc1cc(Br)cs1. The van der Waals surface area contributed by atoms with Gasteiger partial charge in [0.2, 0.25) is 0 Å². The van der Waals surface area contributed by atoms with Crippen LogP contribution < -0.4 is 0 Å². The molecule has 0 atom stereocenters. The molecule has 3 heteroatoms. The molecule has 1 nitrogen and oxygen atoms in total. The van der Waals surface area contributed by atoms with Gasteiger partial charge in [0.1, 0.15) is 0 Å². The molecule has 0 unspecified atom stereocenters. The van der Waals surface area contributed by atoms with Gasteiger partial charge in [0.15, 0.2) is 5.78 Å². The number of hydrogen-bond donors (Lipinski definition) is 0. The Morgan fingerprint density at radius 3 is 2.91 bits per heavy atom. The average Bonchev–Trinajstić information content (AvgIpc) is 2.31. The van der Waals surface area contributed by atoms with E-state index in [1.165, 1.54) is 0 Å². The fraction of sp³-hybridized carbons (Fsp3) is 0.125. The van der Waals surface area contributed by atoms with E-state index in [4.69, 9.17) is 0 Å². The van der Waals surface area contributed by atoms with Crippen LogP contribution in [-0.4, -0.2) is 5.78 Å². The van der Waals surface area contributed by atoms with E-state index in [1.807, 2.05) is 17.5 Å².